The van der Waals surface area contributed by atoms with Gasteiger partial charge in [0.05, 0.1) is 5.71 Å². The van der Waals surface area contributed by atoms with Crippen molar-refractivity contribution in [2.24, 2.45) is 10.9 Å². The fourth-order valence-corrected chi connectivity index (χ4v) is 2.07. The van der Waals surface area contributed by atoms with Crippen molar-refractivity contribution in [3.63, 3.8) is 0 Å². The normalized spacial score (nSPS) is 23.4. The predicted octanol–water partition coefficient (Wildman–Crippen LogP) is 2.28. The van der Waals surface area contributed by atoms with Crippen molar-refractivity contribution < 1.29 is 4.84 Å². The van der Waals surface area contributed by atoms with Gasteiger partial charge >= 0.3 is 0 Å². The molecule has 0 aliphatic carbocycles. The van der Waals surface area contributed by atoms with Crippen molar-refractivity contribution in [3.8, 4) is 0 Å². The summed E-state index contributed by atoms with van der Waals surface area (Å²) in [5.74, 6) is 0.287. The summed E-state index contributed by atoms with van der Waals surface area (Å²) in [5, 5.41) is 4.15. The standard InChI is InChI=1S/C13H18N2O/c1-13(2)8-11(12(9-14)15-16-13)10-6-4-3-5-7-10/h3-7,11H,8-9,14H2,1-2H3. The van der Waals surface area contributed by atoms with Gasteiger partial charge in [-0.15, -0.1) is 0 Å². The second-order valence-corrected chi connectivity index (χ2v) is 4.81. The maximum atomic E-state index is 5.71. The molecule has 0 aromatic heterocycles. The Morgan fingerprint density at radius 2 is 2.06 bits per heavy atom. The first kappa shape index (κ1) is 11.1. The van der Waals surface area contributed by atoms with Crippen LogP contribution in [0.15, 0.2) is 35.5 Å². The quantitative estimate of drug-likeness (QED) is 0.827. The van der Waals surface area contributed by atoms with Crippen LogP contribution in [-0.2, 0) is 4.84 Å². The highest BCUT2D eigenvalue weighted by Gasteiger charge is 2.33. The number of nitrogens with two attached hydrogens (primary N) is 1. The zero-order valence-corrected chi connectivity index (χ0v) is 9.81. The molecular weight excluding hydrogens is 200 g/mol. The van der Waals surface area contributed by atoms with E-state index >= 15 is 0 Å². The molecule has 0 fully saturated rings. The maximum Gasteiger partial charge on any atom is 0.133 e. The van der Waals surface area contributed by atoms with E-state index in [0.29, 0.717) is 6.54 Å². The summed E-state index contributed by atoms with van der Waals surface area (Å²) in [6, 6.07) is 10.4. The minimum Gasteiger partial charge on any atom is -0.390 e. The number of benzene rings is 1. The summed E-state index contributed by atoms with van der Waals surface area (Å²) < 4.78 is 0. The van der Waals surface area contributed by atoms with E-state index in [1.54, 1.807) is 0 Å². The van der Waals surface area contributed by atoms with E-state index < -0.39 is 0 Å². The third-order valence-electron chi connectivity index (χ3n) is 2.92. The minimum atomic E-state index is -0.209. The van der Waals surface area contributed by atoms with E-state index in [4.69, 9.17) is 10.6 Å². The molecule has 1 aromatic carbocycles. The summed E-state index contributed by atoms with van der Waals surface area (Å²) >= 11 is 0. The lowest BCUT2D eigenvalue weighted by Gasteiger charge is -2.33. The van der Waals surface area contributed by atoms with E-state index in [-0.39, 0.29) is 11.5 Å². The molecule has 2 N–H and O–H groups in total. The van der Waals surface area contributed by atoms with Crippen molar-refractivity contribution in [3.05, 3.63) is 35.9 Å². The van der Waals surface area contributed by atoms with Gasteiger partial charge < -0.3 is 10.6 Å². The number of oxime groups is 1. The Morgan fingerprint density at radius 1 is 1.38 bits per heavy atom. The van der Waals surface area contributed by atoms with E-state index in [9.17, 15) is 0 Å². The molecule has 1 aliphatic heterocycles. The summed E-state index contributed by atoms with van der Waals surface area (Å²) in [6.45, 7) is 4.56. The number of rotatable bonds is 2. The van der Waals surface area contributed by atoms with Crippen LogP contribution in [0, 0.1) is 0 Å². The van der Waals surface area contributed by atoms with Gasteiger partial charge in [-0.25, -0.2) is 0 Å². The Bertz CT molecular complexity index is 384. The van der Waals surface area contributed by atoms with Crippen LogP contribution in [-0.4, -0.2) is 17.9 Å². The van der Waals surface area contributed by atoms with Crippen LogP contribution in [0.4, 0.5) is 0 Å². The molecular formula is C13H18N2O. The third-order valence-corrected chi connectivity index (χ3v) is 2.92. The van der Waals surface area contributed by atoms with E-state index in [2.05, 4.69) is 31.1 Å². The van der Waals surface area contributed by atoms with Crippen molar-refractivity contribution in [1.82, 2.24) is 0 Å². The Morgan fingerprint density at radius 3 is 2.69 bits per heavy atom. The maximum absolute atomic E-state index is 5.71. The van der Waals surface area contributed by atoms with Crippen LogP contribution in [0.2, 0.25) is 0 Å². The molecule has 1 aliphatic rings. The average molecular weight is 218 g/mol. The van der Waals surface area contributed by atoms with Crippen molar-refractivity contribution in [2.75, 3.05) is 6.54 Å². The molecule has 0 bridgehead atoms. The third kappa shape index (κ3) is 2.25. The summed E-state index contributed by atoms with van der Waals surface area (Å²) in [6.07, 6.45) is 0.924. The number of nitrogens with zero attached hydrogens (tertiary/aromatic N) is 1. The average Bonchev–Trinajstić information content (AvgIpc) is 2.29. The molecule has 3 heteroatoms. The molecule has 0 spiro atoms. The predicted molar refractivity (Wildman–Crippen MR) is 65.5 cm³/mol. The SMILES string of the molecule is CC1(C)CC(c2ccccc2)C(CN)=NO1. The monoisotopic (exact) mass is 218 g/mol. The first-order valence-corrected chi connectivity index (χ1v) is 5.62. The topological polar surface area (TPSA) is 47.6 Å². The van der Waals surface area contributed by atoms with Gasteiger partial charge in [0.1, 0.15) is 5.60 Å². The molecule has 0 amide bonds. The first-order valence-electron chi connectivity index (χ1n) is 5.62. The largest absolute Gasteiger partial charge is 0.390 e. The van der Waals surface area contributed by atoms with Gasteiger partial charge in [0, 0.05) is 18.9 Å². The zero-order valence-electron chi connectivity index (χ0n) is 9.81. The van der Waals surface area contributed by atoms with Crippen LogP contribution in [0.25, 0.3) is 0 Å². The Labute approximate surface area is 96.3 Å². The molecule has 0 saturated carbocycles. The summed E-state index contributed by atoms with van der Waals surface area (Å²) in [7, 11) is 0. The van der Waals surface area contributed by atoms with Crippen LogP contribution in [0.3, 0.4) is 0 Å². The minimum absolute atomic E-state index is 0.209. The second-order valence-electron chi connectivity index (χ2n) is 4.81. The molecule has 86 valence electrons. The van der Waals surface area contributed by atoms with Crippen LogP contribution >= 0.6 is 0 Å². The number of hydrogen-bond acceptors (Lipinski definition) is 3. The molecule has 0 radical (unpaired) electrons. The van der Waals surface area contributed by atoms with Crippen LogP contribution in [0.1, 0.15) is 31.7 Å². The Hall–Kier alpha value is -1.35. The molecule has 3 nitrogen and oxygen atoms in total. The van der Waals surface area contributed by atoms with Crippen LogP contribution < -0.4 is 5.73 Å². The van der Waals surface area contributed by atoms with E-state index in [1.807, 2.05) is 18.2 Å². The van der Waals surface area contributed by atoms with Crippen LogP contribution in [0.5, 0.6) is 0 Å². The van der Waals surface area contributed by atoms with Crippen molar-refractivity contribution in [1.29, 1.82) is 0 Å². The summed E-state index contributed by atoms with van der Waals surface area (Å²) in [5.41, 5.74) is 7.70. The fourth-order valence-electron chi connectivity index (χ4n) is 2.07. The molecule has 16 heavy (non-hydrogen) atoms. The lowest BCUT2D eigenvalue weighted by atomic mass is 9.83. The van der Waals surface area contributed by atoms with Gasteiger partial charge in [-0.2, -0.15) is 0 Å². The van der Waals surface area contributed by atoms with Gasteiger partial charge in [0.25, 0.3) is 0 Å². The highest BCUT2D eigenvalue weighted by molar-refractivity contribution is 5.92. The van der Waals surface area contributed by atoms with E-state index in [1.165, 1.54) is 5.56 Å². The number of hydrogen-bond donors (Lipinski definition) is 1. The molecule has 2 rings (SSSR count). The van der Waals surface area contributed by atoms with Gasteiger partial charge in [-0.05, 0) is 19.4 Å². The van der Waals surface area contributed by atoms with Gasteiger partial charge in [0.15, 0.2) is 0 Å². The molecule has 1 heterocycles. The fraction of sp³-hybridized carbons (Fsp3) is 0.462. The zero-order chi connectivity index (χ0) is 11.6. The van der Waals surface area contributed by atoms with Crippen molar-refractivity contribution in [2.45, 2.75) is 31.8 Å². The summed E-state index contributed by atoms with van der Waals surface area (Å²) in [4.78, 5) is 5.43. The second kappa shape index (κ2) is 4.26. The molecule has 0 saturated heterocycles. The van der Waals surface area contributed by atoms with Gasteiger partial charge in [-0.1, -0.05) is 35.5 Å². The lowest BCUT2D eigenvalue weighted by Crippen LogP contribution is -2.36. The molecule has 1 unspecified atom stereocenters. The smallest absolute Gasteiger partial charge is 0.133 e. The molecule has 1 atom stereocenters. The highest BCUT2D eigenvalue weighted by atomic mass is 16.6. The van der Waals surface area contributed by atoms with Gasteiger partial charge in [-0.3, -0.25) is 0 Å². The lowest BCUT2D eigenvalue weighted by molar-refractivity contribution is -0.0331. The van der Waals surface area contributed by atoms with Gasteiger partial charge in [0.2, 0.25) is 0 Å². The Kier molecular flexibility index (Phi) is 2.97. The Balaban J connectivity index is 2.31. The highest BCUT2D eigenvalue weighted by Crippen LogP contribution is 2.33. The molecule has 1 aromatic rings. The first-order chi connectivity index (χ1) is 7.62. The van der Waals surface area contributed by atoms with E-state index in [0.717, 1.165) is 12.1 Å². The van der Waals surface area contributed by atoms with Crippen molar-refractivity contribution >= 4 is 5.71 Å².